The molecule has 6 heteroatoms. The third kappa shape index (κ3) is 4.06. The van der Waals surface area contributed by atoms with Crippen LogP contribution in [0.5, 0.6) is 0 Å². The molecule has 0 saturated carbocycles. The minimum Gasteiger partial charge on any atom is -0.345 e. The van der Waals surface area contributed by atoms with Crippen LogP contribution in [0.2, 0.25) is 0 Å². The number of amides is 1. The predicted octanol–water partition coefficient (Wildman–Crippen LogP) is 2.57. The Hall–Kier alpha value is -1.97. The van der Waals surface area contributed by atoms with Crippen molar-refractivity contribution in [1.82, 2.24) is 9.88 Å². The van der Waals surface area contributed by atoms with Gasteiger partial charge < -0.3 is 9.80 Å². The highest BCUT2D eigenvalue weighted by Crippen LogP contribution is 2.19. The Balaban J connectivity index is 1.59. The average Bonchev–Trinajstić information content (AvgIpc) is 3.14. The topological polar surface area (TPSA) is 36.4 Å². The zero-order valence-electron chi connectivity index (χ0n) is 12.9. The quantitative estimate of drug-likeness (QED) is 0.620. The first kappa shape index (κ1) is 15.9. The molecular weight excluding hydrogens is 326 g/mol. The van der Waals surface area contributed by atoms with Crippen LogP contribution in [0.4, 0.5) is 5.13 Å². The Morgan fingerprint density at radius 1 is 1.30 bits per heavy atom. The molecule has 1 aliphatic heterocycles. The molecule has 4 nitrogen and oxygen atoms in total. The van der Waals surface area contributed by atoms with E-state index in [0.29, 0.717) is 13.1 Å². The highest BCUT2D eigenvalue weighted by Gasteiger charge is 2.21. The smallest absolute Gasteiger partial charge is 0.298 e. The van der Waals surface area contributed by atoms with Gasteiger partial charge in [0.1, 0.15) is 0 Å². The van der Waals surface area contributed by atoms with Crippen molar-refractivity contribution >= 4 is 34.1 Å². The van der Waals surface area contributed by atoms with Crippen molar-refractivity contribution in [3.8, 4) is 11.8 Å². The van der Waals surface area contributed by atoms with Gasteiger partial charge in [-0.15, -0.1) is 23.1 Å². The van der Waals surface area contributed by atoms with Crippen LogP contribution in [0.3, 0.4) is 0 Å². The van der Waals surface area contributed by atoms with Crippen molar-refractivity contribution in [2.24, 2.45) is 0 Å². The lowest BCUT2D eigenvalue weighted by molar-refractivity contribution is -0.125. The summed E-state index contributed by atoms with van der Waals surface area (Å²) in [4.78, 5) is 21.7. The van der Waals surface area contributed by atoms with Gasteiger partial charge in [0.05, 0.1) is 0 Å². The fourth-order valence-corrected chi connectivity index (χ4v) is 3.53. The molecule has 1 amide bonds. The van der Waals surface area contributed by atoms with Crippen molar-refractivity contribution in [2.75, 3.05) is 37.3 Å². The molecule has 23 heavy (non-hydrogen) atoms. The molecule has 1 fully saturated rings. The van der Waals surface area contributed by atoms with Gasteiger partial charge in [-0.25, -0.2) is 4.98 Å². The summed E-state index contributed by atoms with van der Waals surface area (Å²) in [6.07, 6.45) is 3.84. The molecule has 0 atom stereocenters. The zero-order valence-corrected chi connectivity index (χ0v) is 14.5. The number of benzene rings is 1. The third-order valence-corrected chi connectivity index (χ3v) is 5.20. The number of thiazole rings is 1. The summed E-state index contributed by atoms with van der Waals surface area (Å²) in [6, 6.07) is 7.94. The van der Waals surface area contributed by atoms with Crippen LogP contribution in [0.1, 0.15) is 5.56 Å². The molecule has 3 rings (SSSR count). The molecule has 1 aromatic carbocycles. The van der Waals surface area contributed by atoms with Crippen LogP contribution in [-0.2, 0) is 4.79 Å². The summed E-state index contributed by atoms with van der Waals surface area (Å²) in [5.41, 5.74) is 0.881. The first-order valence-corrected chi connectivity index (χ1v) is 9.46. The number of piperazine rings is 1. The van der Waals surface area contributed by atoms with E-state index in [1.54, 1.807) is 23.1 Å². The fraction of sp³-hybridized carbons (Fsp3) is 0.294. The van der Waals surface area contributed by atoms with Crippen molar-refractivity contribution in [3.05, 3.63) is 41.4 Å². The lowest BCUT2D eigenvalue weighted by Gasteiger charge is -2.33. The van der Waals surface area contributed by atoms with Gasteiger partial charge in [-0.3, -0.25) is 4.79 Å². The van der Waals surface area contributed by atoms with Crippen LogP contribution < -0.4 is 4.90 Å². The summed E-state index contributed by atoms with van der Waals surface area (Å²) in [5, 5.41) is 3.00. The van der Waals surface area contributed by atoms with Crippen LogP contribution in [0.15, 0.2) is 40.7 Å². The number of nitrogens with zero attached hydrogens (tertiary/aromatic N) is 3. The number of aromatic nitrogens is 1. The van der Waals surface area contributed by atoms with E-state index >= 15 is 0 Å². The van der Waals surface area contributed by atoms with Gasteiger partial charge in [-0.1, -0.05) is 12.0 Å². The van der Waals surface area contributed by atoms with Crippen molar-refractivity contribution < 1.29 is 4.79 Å². The highest BCUT2D eigenvalue weighted by molar-refractivity contribution is 7.98. The van der Waals surface area contributed by atoms with E-state index in [1.807, 2.05) is 47.0 Å². The summed E-state index contributed by atoms with van der Waals surface area (Å²) >= 11 is 3.30. The standard InChI is InChI=1S/C17H17N3OS2/c1-22-15-4-2-3-14(13-15)5-6-16(21)19-8-10-20(11-9-19)17-18-7-12-23-17/h2-4,7,12-13H,8-11H2,1H3. The van der Waals surface area contributed by atoms with Gasteiger partial charge in [0.15, 0.2) is 5.13 Å². The third-order valence-electron chi connectivity index (χ3n) is 3.64. The number of hydrogen-bond donors (Lipinski definition) is 0. The molecule has 0 aliphatic carbocycles. The lowest BCUT2D eigenvalue weighted by atomic mass is 10.2. The Labute approximate surface area is 144 Å². The number of rotatable bonds is 2. The Kier molecular flexibility index (Phi) is 5.21. The van der Waals surface area contributed by atoms with Crippen LogP contribution >= 0.6 is 23.1 Å². The van der Waals surface area contributed by atoms with Gasteiger partial charge in [0, 0.05) is 54.1 Å². The molecule has 118 valence electrons. The molecule has 1 aliphatic rings. The minimum absolute atomic E-state index is 0.0988. The Morgan fingerprint density at radius 3 is 2.83 bits per heavy atom. The van der Waals surface area contributed by atoms with E-state index in [-0.39, 0.29) is 5.91 Å². The Bertz CT molecular complexity index is 726. The number of carbonyl (C=O) groups is 1. The van der Waals surface area contributed by atoms with Crippen LogP contribution in [0, 0.1) is 11.8 Å². The molecule has 0 bridgehead atoms. The van der Waals surface area contributed by atoms with Crippen molar-refractivity contribution in [1.29, 1.82) is 0 Å². The second-order valence-electron chi connectivity index (χ2n) is 5.08. The van der Waals surface area contributed by atoms with E-state index in [9.17, 15) is 4.79 Å². The predicted molar refractivity (Wildman–Crippen MR) is 96.0 cm³/mol. The van der Waals surface area contributed by atoms with Crippen LogP contribution in [0.25, 0.3) is 0 Å². The number of anilines is 1. The van der Waals surface area contributed by atoms with E-state index < -0.39 is 0 Å². The second-order valence-corrected chi connectivity index (χ2v) is 6.83. The highest BCUT2D eigenvalue weighted by atomic mass is 32.2. The van der Waals surface area contributed by atoms with Gasteiger partial charge in [0.25, 0.3) is 5.91 Å². The molecule has 2 aromatic rings. The first-order chi connectivity index (χ1) is 11.3. The monoisotopic (exact) mass is 343 g/mol. The van der Waals surface area contributed by atoms with Crippen molar-refractivity contribution in [2.45, 2.75) is 4.90 Å². The molecule has 0 unspecified atom stereocenters. The van der Waals surface area contributed by atoms with Gasteiger partial charge >= 0.3 is 0 Å². The zero-order chi connectivity index (χ0) is 16.1. The summed E-state index contributed by atoms with van der Waals surface area (Å²) < 4.78 is 0. The maximum atomic E-state index is 12.2. The summed E-state index contributed by atoms with van der Waals surface area (Å²) in [5.74, 6) is 5.64. The molecular formula is C17H17N3OS2. The molecule has 0 N–H and O–H groups in total. The van der Waals surface area contributed by atoms with E-state index in [4.69, 9.17) is 0 Å². The molecule has 1 aromatic heterocycles. The van der Waals surface area contributed by atoms with Crippen molar-refractivity contribution in [3.63, 3.8) is 0 Å². The Morgan fingerprint density at radius 2 is 2.13 bits per heavy atom. The fourth-order valence-electron chi connectivity index (χ4n) is 2.38. The summed E-state index contributed by atoms with van der Waals surface area (Å²) in [7, 11) is 0. The van der Waals surface area contributed by atoms with Gasteiger partial charge in [0.2, 0.25) is 0 Å². The van der Waals surface area contributed by atoms with E-state index in [1.165, 1.54) is 0 Å². The summed E-state index contributed by atoms with van der Waals surface area (Å²) in [6.45, 7) is 3.00. The molecule has 2 heterocycles. The minimum atomic E-state index is -0.0988. The molecule has 0 spiro atoms. The SMILES string of the molecule is CSc1cccc(C#CC(=O)N2CCN(c3nccs3)CC2)c1. The maximum Gasteiger partial charge on any atom is 0.298 e. The number of thioether (sulfide) groups is 1. The molecule has 0 radical (unpaired) electrons. The van der Waals surface area contributed by atoms with Gasteiger partial charge in [-0.2, -0.15) is 0 Å². The number of hydrogen-bond acceptors (Lipinski definition) is 5. The average molecular weight is 343 g/mol. The van der Waals surface area contributed by atoms with E-state index in [2.05, 4.69) is 21.7 Å². The largest absolute Gasteiger partial charge is 0.345 e. The normalized spacial score (nSPS) is 14.3. The number of carbonyl (C=O) groups excluding carboxylic acids is 1. The first-order valence-electron chi connectivity index (χ1n) is 7.35. The van der Waals surface area contributed by atoms with Crippen LogP contribution in [-0.4, -0.2) is 48.2 Å². The van der Waals surface area contributed by atoms with E-state index in [0.717, 1.165) is 28.7 Å². The maximum absolute atomic E-state index is 12.2. The van der Waals surface area contributed by atoms with Gasteiger partial charge in [-0.05, 0) is 24.5 Å². The molecule has 1 saturated heterocycles. The lowest BCUT2D eigenvalue weighted by Crippen LogP contribution is -2.48. The second kappa shape index (κ2) is 7.53.